The molecule has 2 heterocycles. The number of thiazole rings is 1. The number of carbonyl (C=O) groups excluding carboxylic acids is 1. The molecule has 2 aromatic carbocycles. The highest BCUT2D eigenvalue weighted by atomic mass is 32.2. The zero-order valence-corrected chi connectivity index (χ0v) is 21.8. The van der Waals surface area contributed by atoms with E-state index in [4.69, 9.17) is 9.72 Å². The molecule has 0 bridgehead atoms. The van der Waals surface area contributed by atoms with E-state index in [1.807, 2.05) is 55.1 Å². The molecular weight excluding hydrogens is 466 g/mol. The highest BCUT2D eigenvalue weighted by molar-refractivity contribution is 7.98. The number of ether oxygens (including phenoxy) is 1. The summed E-state index contributed by atoms with van der Waals surface area (Å²) in [5, 5.41) is 12.2. The summed E-state index contributed by atoms with van der Waals surface area (Å²) in [6.45, 7) is 7.70. The first-order valence-corrected chi connectivity index (χ1v) is 12.6. The average Bonchev–Trinajstić information content (AvgIpc) is 3.40. The number of hydrogen-bond acceptors (Lipinski definition) is 7. The van der Waals surface area contributed by atoms with Crippen molar-refractivity contribution in [3.8, 4) is 17.1 Å². The first-order chi connectivity index (χ1) is 16.3. The summed E-state index contributed by atoms with van der Waals surface area (Å²) < 4.78 is 7.42. The molecule has 0 aliphatic heterocycles. The molecule has 0 atom stereocenters. The summed E-state index contributed by atoms with van der Waals surface area (Å²) in [7, 11) is 3.59. The van der Waals surface area contributed by atoms with Crippen LogP contribution in [-0.2, 0) is 17.6 Å². The van der Waals surface area contributed by atoms with E-state index in [0.29, 0.717) is 10.9 Å². The lowest BCUT2D eigenvalue weighted by Gasteiger charge is -2.23. The predicted octanol–water partition coefficient (Wildman–Crippen LogP) is 5.85. The number of hydrogen-bond donors (Lipinski definition) is 0. The van der Waals surface area contributed by atoms with Gasteiger partial charge in [-0.05, 0) is 44.0 Å². The van der Waals surface area contributed by atoms with Crippen LogP contribution in [0.2, 0.25) is 0 Å². The van der Waals surface area contributed by atoms with Gasteiger partial charge >= 0.3 is 0 Å². The van der Waals surface area contributed by atoms with Gasteiger partial charge in [-0.15, -0.1) is 21.5 Å². The van der Waals surface area contributed by atoms with Crippen molar-refractivity contribution < 1.29 is 9.53 Å². The summed E-state index contributed by atoms with van der Waals surface area (Å²) in [6, 6.07) is 11.9. The summed E-state index contributed by atoms with van der Waals surface area (Å²) >= 11 is 3.03. The number of para-hydroxylation sites is 1. The number of carbonyl (C=O) groups is 1. The Kier molecular flexibility index (Phi) is 7.04. The number of aromatic nitrogens is 4. The summed E-state index contributed by atoms with van der Waals surface area (Å²) in [5.41, 5.74) is 5.98. The van der Waals surface area contributed by atoms with E-state index < -0.39 is 0 Å². The van der Waals surface area contributed by atoms with Gasteiger partial charge in [-0.25, -0.2) is 4.98 Å². The minimum Gasteiger partial charge on any atom is -0.496 e. The van der Waals surface area contributed by atoms with Crippen molar-refractivity contribution >= 4 is 39.8 Å². The maximum atomic E-state index is 12.6. The van der Waals surface area contributed by atoms with Gasteiger partial charge in [-0.3, -0.25) is 9.69 Å². The second kappa shape index (κ2) is 9.99. The van der Waals surface area contributed by atoms with E-state index in [1.165, 1.54) is 16.9 Å². The zero-order chi connectivity index (χ0) is 24.4. The molecule has 34 heavy (non-hydrogen) atoms. The third-order valence-electron chi connectivity index (χ3n) is 5.44. The molecule has 0 aliphatic carbocycles. The maximum absolute atomic E-state index is 12.6. The fourth-order valence-corrected chi connectivity index (χ4v) is 5.80. The first-order valence-electron chi connectivity index (χ1n) is 10.8. The standard InChI is InChI=1S/C25H27N5O2S2/c1-15-11-16(2)22(17(3)12-15)30(18(4)31)24-26-19(13-33-24)14-34-25-28-27-23(29(25)5)20-9-7-8-10-21(20)32-6/h7-13H,14H2,1-6H3. The molecule has 0 saturated heterocycles. The molecule has 0 unspecified atom stereocenters. The Morgan fingerprint density at radius 2 is 1.85 bits per heavy atom. The highest BCUT2D eigenvalue weighted by Crippen LogP contribution is 2.36. The third-order valence-corrected chi connectivity index (χ3v) is 7.37. The van der Waals surface area contributed by atoms with Crippen LogP contribution in [0.15, 0.2) is 46.9 Å². The molecule has 0 radical (unpaired) electrons. The van der Waals surface area contributed by atoms with E-state index in [1.54, 1.807) is 30.7 Å². The lowest BCUT2D eigenvalue weighted by molar-refractivity contribution is -0.115. The van der Waals surface area contributed by atoms with Gasteiger partial charge in [0.1, 0.15) is 5.75 Å². The van der Waals surface area contributed by atoms with Crippen molar-refractivity contribution in [1.29, 1.82) is 0 Å². The maximum Gasteiger partial charge on any atom is 0.230 e. The van der Waals surface area contributed by atoms with Gasteiger partial charge < -0.3 is 9.30 Å². The lowest BCUT2D eigenvalue weighted by atomic mass is 10.0. The molecule has 4 rings (SSSR count). The first kappa shape index (κ1) is 24.0. The van der Waals surface area contributed by atoms with Crippen molar-refractivity contribution in [3.05, 3.63) is 64.2 Å². The van der Waals surface area contributed by atoms with E-state index in [0.717, 1.165) is 44.8 Å². The Morgan fingerprint density at radius 3 is 2.53 bits per heavy atom. The Balaban J connectivity index is 1.55. The Morgan fingerprint density at radius 1 is 1.15 bits per heavy atom. The van der Waals surface area contributed by atoms with Crippen LogP contribution >= 0.6 is 23.1 Å². The van der Waals surface area contributed by atoms with Crippen molar-refractivity contribution in [2.24, 2.45) is 7.05 Å². The van der Waals surface area contributed by atoms with Gasteiger partial charge in [0, 0.05) is 25.1 Å². The van der Waals surface area contributed by atoms with E-state index >= 15 is 0 Å². The minimum absolute atomic E-state index is 0.0571. The summed E-state index contributed by atoms with van der Waals surface area (Å²) in [6.07, 6.45) is 0. The number of nitrogens with zero attached hydrogens (tertiary/aromatic N) is 5. The molecule has 176 valence electrons. The van der Waals surface area contributed by atoms with Gasteiger partial charge in [0.05, 0.1) is 24.1 Å². The predicted molar refractivity (Wildman–Crippen MR) is 138 cm³/mol. The third kappa shape index (κ3) is 4.71. The van der Waals surface area contributed by atoms with Crippen molar-refractivity contribution in [2.45, 2.75) is 38.6 Å². The normalized spacial score (nSPS) is 11.0. The molecule has 0 spiro atoms. The number of rotatable bonds is 7. The summed E-state index contributed by atoms with van der Waals surface area (Å²) in [5.74, 6) is 2.06. The minimum atomic E-state index is -0.0571. The molecule has 0 aliphatic rings. The van der Waals surface area contributed by atoms with Crippen LogP contribution < -0.4 is 9.64 Å². The topological polar surface area (TPSA) is 73.1 Å². The number of methoxy groups -OCH3 is 1. The fourth-order valence-electron chi connectivity index (χ4n) is 4.02. The molecule has 2 aromatic heterocycles. The van der Waals surface area contributed by atoms with E-state index in [2.05, 4.69) is 29.3 Å². The van der Waals surface area contributed by atoms with Crippen molar-refractivity contribution in [3.63, 3.8) is 0 Å². The van der Waals surface area contributed by atoms with E-state index in [9.17, 15) is 4.79 Å². The van der Waals surface area contributed by atoms with Crippen molar-refractivity contribution in [2.75, 3.05) is 12.0 Å². The van der Waals surface area contributed by atoms with Gasteiger partial charge in [0.15, 0.2) is 16.1 Å². The van der Waals surface area contributed by atoms with Crippen LogP contribution in [0.3, 0.4) is 0 Å². The largest absolute Gasteiger partial charge is 0.496 e. The van der Waals surface area contributed by atoms with Crippen LogP contribution in [0, 0.1) is 20.8 Å². The molecule has 0 saturated carbocycles. The molecule has 4 aromatic rings. The van der Waals surface area contributed by atoms with Crippen LogP contribution in [0.5, 0.6) is 5.75 Å². The van der Waals surface area contributed by atoms with Gasteiger partial charge in [-0.1, -0.05) is 41.6 Å². The van der Waals surface area contributed by atoms with Gasteiger partial charge in [-0.2, -0.15) is 0 Å². The fraction of sp³-hybridized carbons (Fsp3) is 0.280. The van der Waals surface area contributed by atoms with Crippen LogP contribution in [0.25, 0.3) is 11.4 Å². The lowest BCUT2D eigenvalue weighted by Crippen LogP contribution is -2.24. The Hall–Kier alpha value is -3.17. The van der Waals surface area contributed by atoms with E-state index in [-0.39, 0.29) is 5.91 Å². The second-order valence-corrected chi connectivity index (χ2v) is 9.86. The zero-order valence-electron chi connectivity index (χ0n) is 20.1. The number of benzene rings is 2. The quantitative estimate of drug-likeness (QED) is 0.301. The molecule has 0 fully saturated rings. The summed E-state index contributed by atoms with van der Waals surface area (Å²) in [4.78, 5) is 19.1. The SMILES string of the molecule is COc1ccccc1-c1nnc(SCc2csc(N(C(C)=O)c3c(C)cc(C)cc3C)n2)n1C. The number of thioether (sulfide) groups is 1. The highest BCUT2D eigenvalue weighted by Gasteiger charge is 2.22. The van der Waals surface area contributed by atoms with Crippen LogP contribution in [0.1, 0.15) is 29.3 Å². The van der Waals surface area contributed by atoms with Crippen LogP contribution in [0.4, 0.5) is 10.8 Å². The number of anilines is 2. The Bertz CT molecular complexity index is 1320. The number of amides is 1. The Labute approximate surface area is 207 Å². The van der Waals surface area contributed by atoms with Crippen LogP contribution in [-0.4, -0.2) is 32.8 Å². The molecule has 1 amide bonds. The van der Waals surface area contributed by atoms with Gasteiger partial charge in [0.2, 0.25) is 5.91 Å². The monoisotopic (exact) mass is 493 g/mol. The molecule has 9 heteroatoms. The molecular formula is C25H27N5O2S2. The second-order valence-electron chi connectivity index (χ2n) is 8.08. The van der Waals surface area contributed by atoms with Crippen molar-refractivity contribution in [1.82, 2.24) is 19.7 Å². The molecule has 7 nitrogen and oxygen atoms in total. The number of aryl methyl sites for hydroxylation is 3. The van der Waals surface area contributed by atoms with Gasteiger partial charge in [0.25, 0.3) is 0 Å². The molecule has 0 N–H and O–H groups in total. The average molecular weight is 494 g/mol. The smallest absolute Gasteiger partial charge is 0.230 e.